The lowest BCUT2D eigenvalue weighted by Gasteiger charge is -2.07. The van der Waals surface area contributed by atoms with Crippen LogP contribution in [0.2, 0.25) is 0 Å². The number of hydrogen-bond acceptors (Lipinski definition) is 5. The van der Waals surface area contributed by atoms with Crippen LogP contribution in [0.1, 0.15) is 12.5 Å². The Labute approximate surface area is 104 Å². The van der Waals surface area contributed by atoms with Gasteiger partial charge in [-0.3, -0.25) is 14.9 Å². The number of likely N-dealkylation sites (N-methyl/N-ethyl adjacent to an activating group) is 1. The Kier molecular flexibility index (Phi) is 4.63. The molecule has 2 N–H and O–H groups in total. The summed E-state index contributed by atoms with van der Waals surface area (Å²) in [6, 6.07) is 6.08. The molecule has 1 aromatic carbocycles. The highest BCUT2D eigenvalue weighted by Crippen LogP contribution is 2.27. The van der Waals surface area contributed by atoms with E-state index in [1.807, 2.05) is 0 Å². The summed E-state index contributed by atoms with van der Waals surface area (Å²) in [6.07, 6.45) is 0. The molecular weight excluding hydrogens is 236 g/mol. The van der Waals surface area contributed by atoms with Gasteiger partial charge in [0.25, 0.3) is 0 Å². The molecule has 0 fully saturated rings. The molecule has 1 rings (SSSR count). The third kappa shape index (κ3) is 3.18. The van der Waals surface area contributed by atoms with E-state index in [0.717, 1.165) is 0 Å². The summed E-state index contributed by atoms with van der Waals surface area (Å²) in [4.78, 5) is 21.5. The van der Waals surface area contributed by atoms with Crippen molar-refractivity contribution in [1.82, 2.24) is 5.32 Å². The maximum absolute atomic E-state index is 11.2. The lowest BCUT2D eigenvalue weighted by atomic mass is 10.1. The fraction of sp³-hybridized carbons (Fsp3) is 0.273. The average molecular weight is 248 g/mol. The van der Waals surface area contributed by atoms with Crippen LogP contribution < -0.4 is 10.6 Å². The van der Waals surface area contributed by atoms with Gasteiger partial charge >= 0.3 is 5.69 Å². The summed E-state index contributed by atoms with van der Waals surface area (Å²) in [6.45, 7) is 2.18. The van der Waals surface area contributed by atoms with Crippen molar-refractivity contribution < 1.29 is 9.72 Å². The van der Waals surface area contributed by atoms with E-state index in [2.05, 4.69) is 10.6 Å². The molecule has 0 aliphatic rings. The highest BCUT2D eigenvalue weighted by atomic mass is 16.6. The maximum Gasteiger partial charge on any atom is 0.309 e. The number of amides is 1. The molecule has 0 aliphatic carbocycles. The van der Waals surface area contributed by atoms with E-state index >= 15 is 0 Å². The van der Waals surface area contributed by atoms with Crippen LogP contribution in [-0.4, -0.2) is 23.9 Å². The SMILES string of the molecule is CCNC(=O)CNc1cccc(C#N)c1[N+](=O)[O-]. The Morgan fingerprint density at radius 2 is 2.28 bits per heavy atom. The number of benzene rings is 1. The van der Waals surface area contributed by atoms with Crippen molar-refractivity contribution >= 4 is 17.3 Å². The molecule has 0 unspecified atom stereocenters. The molecule has 7 nitrogen and oxygen atoms in total. The predicted octanol–water partition coefficient (Wildman–Crippen LogP) is 1.01. The molecule has 1 aromatic rings. The minimum atomic E-state index is -0.640. The highest BCUT2D eigenvalue weighted by Gasteiger charge is 2.19. The fourth-order valence-electron chi connectivity index (χ4n) is 1.41. The number of para-hydroxylation sites is 1. The maximum atomic E-state index is 11.2. The Morgan fingerprint density at radius 3 is 2.83 bits per heavy atom. The van der Waals surface area contributed by atoms with Gasteiger partial charge in [-0.1, -0.05) is 6.07 Å². The zero-order valence-corrected chi connectivity index (χ0v) is 9.77. The Bertz CT molecular complexity index is 508. The lowest BCUT2D eigenvalue weighted by molar-refractivity contribution is -0.384. The fourth-order valence-corrected chi connectivity index (χ4v) is 1.41. The van der Waals surface area contributed by atoms with Crippen molar-refractivity contribution in [3.05, 3.63) is 33.9 Å². The molecule has 0 aliphatic heterocycles. The van der Waals surface area contributed by atoms with E-state index in [1.165, 1.54) is 18.2 Å². The zero-order chi connectivity index (χ0) is 13.5. The number of hydrogen-bond donors (Lipinski definition) is 2. The first kappa shape index (κ1) is 13.4. The topological polar surface area (TPSA) is 108 Å². The molecule has 0 bridgehead atoms. The predicted molar refractivity (Wildman–Crippen MR) is 65.0 cm³/mol. The highest BCUT2D eigenvalue weighted by molar-refractivity contribution is 5.82. The van der Waals surface area contributed by atoms with Crippen LogP contribution >= 0.6 is 0 Å². The molecule has 0 atom stereocenters. The second-order valence-electron chi connectivity index (χ2n) is 3.38. The van der Waals surface area contributed by atoms with Gasteiger partial charge < -0.3 is 10.6 Å². The Hall–Kier alpha value is -2.62. The molecule has 0 radical (unpaired) electrons. The van der Waals surface area contributed by atoms with Gasteiger partial charge in [-0.05, 0) is 19.1 Å². The number of nitriles is 1. The van der Waals surface area contributed by atoms with Gasteiger partial charge in [-0.15, -0.1) is 0 Å². The summed E-state index contributed by atoms with van der Waals surface area (Å²) in [5.74, 6) is -0.269. The third-order valence-corrected chi connectivity index (χ3v) is 2.15. The molecule has 94 valence electrons. The number of nitro benzene ring substituents is 1. The molecule has 0 aromatic heterocycles. The van der Waals surface area contributed by atoms with Crippen molar-refractivity contribution in [2.75, 3.05) is 18.4 Å². The molecule has 1 amide bonds. The number of carbonyl (C=O) groups is 1. The van der Waals surface area contributed by atoms with Crippen LogP contribution in [0.3, 0.4) is 0 Å². The Balaban J connectivity index is 2.92. The number of carbonyl (C=O) groups excluding carboxylic acids is 1. The van der Waals surface area contributed by atoms with E-state index in [-0.39, 0.29) is 29.4 Å². The van der Waals surface area contributed by atoms with Gasteiger partial charge in [-0.25, -0.2) is 0 Å². The summed E-state index contributed by atoms with van der Waals surface area (Å²) < 4.78 is 0. The van der Waals surface area contributed by atoms with Gasteiger partial charge in [0.15, 0.2) is 0 Å². The molecule has 0 heterocycles. The standard InChI is InChI=1S/C11H12N4O3/c1-2-13-10(16)7-14-9-5-3-4-8(6-12)11(9)15(17)18/h3-5,14H,2,7H2,1H3,(H,13,16). The number of nitro groups is 1. The average Bonchev–Trinajstić information content (AvgIpc) is 2.35. The lowest BCUT2D eigenvalue weighted by Crippen LogP contribution is -2.29. The molecule has 0 saturated heterocycles. The summed E-state index contributed by atoms with van der Waals surface area (Å²) in [7, 11) is 0. The monoisotopic (exact) mass is 248 g/mol. The van der Waals surface area contributed by atoms with Crippen LogP contribution in [0.5, 0.6) is 0 Å². The molecule has 7 heteroatoms. The third-order valence-electron chi connectivity index (χ3n) is 2.15. The van der Waals surface area contributed by atoms with Gasteiger partial charge in [0, 0.05) is 6.54 Å². The minimum absolute atomic E-state index is 0.0408. The Morgan fingerprint density at radius 1 is 1.56 bits per heavy atom. The van der Waals surface area contributed by atoms with Gasteiger partial charge in [-0.2, -0.15) is 5.26 Å². The van der Waals surface area contributed by atoms with Crippen molar-refractivity contribution in [2.45, 2.75) is 6.92 Å². The normalized spacial score (nSPS) is 9.33. The summed E-state index contributed by atoms with van der Waals surface area (Å²) >= 11 is 0. The van der Waals surface area contributed by atoms with E-state index in [4.69, 9.17) is 5.26 Å². The molecule has 0 spiro atoms. The van der Waals surface area contributed by atoms with Crippen molar-refractivity contribution in [3.8, 4) is 6.07 Å². The van der Waals surface area contributed by atoms with Crippen molar-refractivity contribution in [2.24, 2.45) is 0 Å². The van der Waals surface area contributed by atoms with Crippen LogP contribution in [0.15, 0.2) is 18.2 Å². The first-order valence-electron chi connectivity index (χ1n) is 5.28. The van der Waals surface area contributed by atoms with Crippen molar-refractivity contribution in [1.29, 1.82) is 5.26 Å². The van der Waals surface area contributed by atoms with Crippen LogP contribution in [0.4, 0.5) is 11.4 Å². The van der Waals surface area contributed by atoms with E-state index in [9.17, 15) is 14.9 Å². The second-order valence-corrected chi connectivity index (χ2v) is 3.38. The number of anilines is 1. The quantitative estimate of drug-likeness (QED) is 0.597. The van der Waals surface area contributed by atoms with Gasteiger partial charge in [0.2, 0.25) is 5.91 Å². The van der Waals surface area contributed by atoms with E-state index in [0.29, 0.717) is 6.54 Å². The summed E-state index contributed by atoms with van der Waals surface area (Å²) in [5.41, 5.74) is -0.199. The zero-order valence-electron chi connectivity index (χ0n) is 9.77. The van der Waals surface area contributed by atoms with E-state index < -0.39 is 4.92 Å². The smallest absolute Gasteiger partial charge is 0.309 e. The van der Waals surface area contributed by atoms with Crippen LogP contribution in [0.25, 0.3) is 0 Å². The van der Waals surface area contributed by atoms with Crippen molar-refractivity contribution in [3.63, 3.8) is 0 Å². The molecular formula is C11H12N4O3. The van der Waals surface area contributed by atoms with Crippen LogP contribution in [0, 0.1) is 21.4 Å². The summed E-state index contributed by atoms with van der Waals surface area (Å²) in [5, 5.41) is 24.9. The largest absolute Gasteiger partial charge is 0.371 e. The molecule has 18 heavy (non-hydrogen) atoms. The van der Waals surface area contributed by atoms with Gasteiger partial charge in [0.05, 0.1) is 11.5 Å². The first-order valence-corrected chi connectivity index (χ1v) is 5.28. The molecule has 0 saturated carbocycles. The van der Waals surface area contributed by atoms with Gasteiger partial charge in [0.1, 0.15) is 17.3 Å². The van der Waals surface area contributed by atoms with Crippen LogP contribution in [-0.2, 0) is 4.79 Å². The first-order chi connectivity index (χ1) is 8.60. The number of rotatable bonds is 5. The van der Waals surface area contributed by atoms with E-state index in [1.54, 1.807) is 13.0 Å². The minimum Gasteiger partial charge on any atom is -0.371 e. The number of nitrogens with one attached hydrogen (secondary N) is 2. The second kappa shape index (κ2) is 6.20. The number of nitrogens with zero attached hydrogens (tertiary/aromatic N) is 2.